The molecule has 2 nitrogen and oxygen atoms in total. The molecule has 0 heterocycles. The van der Waals surface area contributed by atoms with E-state index in [2.05, 4.69) is 6.07 Å². The van der Waals surface area contributed by atoms with Gasteiger partial charge in [-0.1, -0.05) is 6.07 Å². The van der Waals surface area contributed by atoms with Crippen molar-refractivity contribution in [3.63, 3.8) is 0 Å². The Morgan fingerprint density at radius 2 is 2.15 bits per heavy atom. The second kappa shape index (κ2) is 2.95. The summed E-state index contributed by atoms with van der Waals surface area (Å²) in [6, 6.07) is 7.64. The highest BCUT2D eigenvalue weighted by Gasteiger charge is 2.09. The van der Waals surface area contributed by atoms with E-state index in [9.17, 15) is 5.11 Å². The maximum atomic E-state index is 9.28. The van der Waals surface area contributed by atoms with Gasteiger partial charge in [-0.05, 0) is 35.8 Å². The van der Waals surface area contributed by atoms with Gasteiger partial charge in [0.25, 0.3) is 0 Å². The number of aliphatic hydroxyl groups is 1. The number of rotatable bonds is 0. The summed E-state index contributed by atoms with van der Waals surface area (Å²) in [4.78, 5) is 0. The first-order chi connectivity index (χ1) is 6.29. The van der Waals surface area contributed by atoms with Crippen molar-refractivity contribution in [3.8, 4) is 6.07 Å². The summed E-state index contributed by atoms with van der Waals surface area (Å²) in [5.41, 5.74) is 2.87. The van der Waals surface area contributed by atoms with Crippen molar-refractivity contribution >= 4 is 6.08 Å². The largest absolute Gasteiger partial charge is 0.512 e. The van der Waals surface area contributed by atoms with Crippen LogP contribution in [0, 0.1) is 11.3 Å². The second-order valence-electron chi connectivity index (χ2n) is 3.16. The molecule has 2 heteroatoms. The predicted octanol–water partition coefficient (Wildman–Crippen LogP) is 2.40. The van der Waals surface area contributed by atoms with Crippen LogP contribution in [0.25, 0.3) is 6.08 Å². The average molecular weight is 171 g/mol. The van der Waals surface area contributed by atoms with Crippen LogP contribution in [0.5, 0.6) is 0 Å². The molecular formula is C11H9NO. The summed E-state index contributed by atoms with van der Waals surface area (Å²) in [5.74, 6) is 0.428. The minimum atomic E-state index is 0.428. The van der Waals surface area contributed by atoms with Gasteiger partial charge in [-0.3, -0.25) is 0 Å². The summed E-state index contributed by atoms with van der Waals surface area (Å²) < 4.78 is 0. The van der Waals surface area contributed by atoms with Crippen molar-refractivity contribution in [2.24, 2.45) is 0 Å². The molecule has 1 aliphatic rings. The standard InChI is InChI=1S/C11H9NO/c12-7-8-1-2-10-6-11(13)4-3-9(10)5-8/h1-2,5-6,13H,3-4H2. The zero-order valence-electron chi connectivity index (χ0n) is 7.12. The summed E-state index contributed by atoms with van der Waals surface area (Å²) in [5, 5.41) is 18.0. The number of allylic oxidation sites excluding steroid dienone is 1. The lowest BCUT2D eigenvalue weighted by Crippen LogP contribution is -1.99. The van der Waals surface area contributed by atoms with Gasteiger partial charge in [-0.2, -0.15) is 5.26 Å². The van der Waals surface area contributed by atoms with Gasteiger partial charge in [0, 0.05) is 6.42 Å². The number of hydrogen-bond donors (Lipinski definition) is 1. The van der Waals surface area contributed by atoms with Crippen LogP contribution in [0.15, 0.2) is 24.0 Å². The van der Waals surface area contributed by atoms with Crippen LogP contribution in [0.4, 0.5) is 0 Å². The molecule has 0 radical (unpaired) electrons. The third kappa shape index (κ3) is 1.41. The third-order valence-corrected chi connectivity index (χ3v) is 2.24. The van der Waals surface area contributed by atoms with Crippen molar-refractivity contribution in [2.45, 2.75) is 12.8 Å². The molecule has 1 aromatic rings. The van der Waals surface area contributed by atoms with Crippen LogP contribution in [-0.4, -0.2) is 5.11 Å². The molecule has 0 aromatic heterocycles. The maximum Gasteiger partial charge on any atom is 0.0991 e. The first kappa shape index (κ1) is 7.88. The zero-order valence-corrected chi connectivity index (χ0v) is 7.12. The quantitative estimate of drug-likeness (QED) is 0.651. The molecule has 0 atom stereocenters. The number of hydrogen-bond acceptors (Lipinski definition) is 2. The number of benzene rings is 1. The van der Waals surface area contributed by atoms with Crippen LogP contribution in [0.3, 0.4) is 0 Å². The Kier molecular flexibility index (Phi) is 1.79. The normalized spacial score (nSPS) is 14.2. The van der Waals surface area contributed by atoms with E-state index in [1.165, 1.54) is 0 Å². The van der Waals surface area contributed by atoms with E-state index in [1.54, 1.807) is 12.1 Å². The molecule has 1 aromatic carbocycles. The Bertz CT molecular complexity index is 413. The highest BCUT2D eigenvalue weighted by molar-refractivity contribution is 5.59. The molecule has 0 saturated heterocycles. The van der Waals surface area contributed by atoms with E-state index in [1.807, 2.05) is 12.1 Å². The van der Waals surface area contributed by atoms with Crippen LogP contribution >= 0.6 is 0 Å². The highest BCUT2D eigenvalue weighted by atomic mass is 16.3. The minimum Gasteiger partial charge on any atom is -0.512 e. The number of nitrogens with zero attached hydrogens (tertiary/aromatic N) is 1. The minimum absolute atomic E-state index is 0.428. The Labute approximate surface area is 76.7 Å². The van der Waals surface area contributed by atoms with Crippen LogP contribution in [-0.2, 0) is 6.42 Å². The van der Waals surface area contributed by atoms with Crippen LogP contribution in [0.1, 0.15) is 23.1 Å². The molecule has 2 rings (SSSR count). The van der Waals surface area contributed by atoms with Gasteiger partial charge >= 0.3 is 0 Å². The molecule has 0 amide bonds. The molecule has 1 N–H and O–H groups in total. The Hall–Kier alpha value is -1.75. The van der Waals surface area contributed by atoms with Gasteiger partial charge in [0.15, 0.2) is 0 Å². The predicted molar refractivity (Wildman–Crippen MR) is 50.1 cm³/mol. The fourth-order valence-corrected chi connectivity index (χ4v) is 1.55. The number of fused-ring (bicyclic) bond motifs is 1. The van der Waals surface area contributed by atoms with E-state index in [-0.39, 0.29) is 0 Å². The van der Waals surface area contributed by atoms with E-state index in [0.29, 0.717) is 17.7 Å². The molecule has 0 saturated carbocycles. The van der Waals surface area contributed by atoms with Gasteiger partial charge in [-0.15, -0.1) is 0 Å². The summed E-state index contributed by atoms with van der Waals surface area (Å²) >= 11 is 0. The molecule has 13 heavy (non-hydrogen) atoms. The fourth-order valence-electron chi connectivity index (χ4n) is 1.55. The molecule has 0 spiro atoms. The maximum absolute atomic E-state index is 9.28. The number of aliphatic hydroxyl groups excluding tert-OH is 1. The summed E-state index contributed by atoms with van der Waals surface area (Å²) in [6.45, 7) is 0. The number of aryl methyl sites for hydroxylation is 1. The van der Waals surface area contributed by atoms with Crippen LogP contribution < -0.4 is 0 Å². The van der Waals surface area contributed by atoms with E-state index >= 15 is 0 Å². The lowest BCUT2D eigenvalue weighted by molar-refractivity contribution is 0.391. The van der Waals surface area contributed by atoms with Crippen molar-refractivity contribution < 1.29 is 5.11 Å². The second-order valence-corrected chi connectivity index (χ2v) is 3.16. The highest BCUT2D eigenvalue weighted by Crippen LogP contribution is 2.23. The molecular weight excluding hydrogens is 162 g/mol. The monoisotopic (exact) mass is 171 g/mol. The van der Waals surface area contributed by atoms with E-state index in [4.69, 9.17) is 5.26 Å². The Morgan fingerprint density at radius 3 is 2.92 bits per heavy atom. The SMILES string of the molecule is N#Cc1ccc2c(c1)CCC(O)=C2. The van der Waals surface area contributed by atoms with Crippen molar-refractivity contribution in [2.75, 3.05) is 0 Å². The van der Waals surface area contributed by atoms with Gasteiger partial charge in [-0.25, -0.2) is 0 Å². The Balaban J connectivity index is 2.51. The van der Waals surface area contributed by atoms with Gasteiger partial charge in [0.2, 0.25) is 0 Å². The van der Waals surface area contributed by atoms with Crippen molar-refractivity contribution in [1.29, 1.82) is 5.26 Å². The summed E-state index contributed by atoms with van der Waals surface area (Å²) in [7, 11) is 0. The van der Waals surface area contributed by atoms with Crippen molar-refractivity contribution in [1.82, 2.24) is 0 Å². The molecule has 0 unspecified atom stereocenters. The molecule has 0 fully saturated rings. The average Bonchev–Trinajstić information content (AvgIpc) is 2.17. The first-order valence-corrected chi connectivity index (χ1v) is 4.22. The number of nitriles is 1. The van der Waals surface area contributed by atoms with E-state index < -0.39 is 0 Å². The lowest BCUT2D eigenvalue weighted by Gasteiger charge is -2.12. The molecule has 0 aliphatic heterocycles. The van der Waals surface area contributed by atoms with E-state index in [0.717, 1.165) is 17.5 Å². The lowest BCUT2D eigenvalue weighted by atomic mass is 9.95. The Morgan fingerprint density at radius 1 is 1.31 bits per heavy atom. The smallest absolute Gasteiger partial charge is 0.0991 e. The fraction of sp³-hybridized carbons (Fsp3) is 0.182. The van der Waals surface area contributed by atoms with Gasteiger partial charge in [0.1, 0.15) is 0 Å². The zero-order chi connectivity index (χ0) is 9.26. The van der Waals surface area contributed by atoms with Crippen LogP contribution in [0.2, 0.25) is 0 Å². The van der Waals surface area contributed by atoms with Gasteiger partial charge < -0.3 is 5.11 Å². The topological polar surface area (TPSA) is 44.0 Å². The molecule has 1 aliphatic carbocycles. The third-order valence-electron chi connectivity index (χ3n) is 2.24. The first-order valence-electron chi connectivity index (χ1n) is 4.22. The van der Waals surface area contributed by atoms with Crippen molar-refractivity contribution in [3.05, 3.63) is 40.6 Å². The van der Waals surface area contributed by atoms with Gasteiger partial charge in [0.05, 0.1) is 17.4 Å². The summed E-state index contributed by atoms with van der Waals surface area (Å²) in [6.07, 6.45) is 3.27. The molecule has 64 valence electrons. The molecule has 0 bridgehead atoms.